The van der Waals surface area contributed by atoms with Gasteiger partial charge in [0.15, 0.2) is 0 Å². The smallest absolute Gasteiger partial charge is 0.225 e. The number of nitrogens with one attached hydrogen (secondary N) is 1. The number of anilines is 1. The minimum atomic E-state index is 0.901. The minimum Gasteiger partial charge on any atom is -0.341 e. The highest BCUT2D eigenvalue weighted by Gasteiger charge is 2.17. The van der Waals surface area contributed by atoms with Gasteiger partial charge in [-0.3, -0.25) is 0 Å². The van der Waals surface area contributed by atoms with Gasteiger partial charge in [-0.05, 0) is 12.8 Å². The molecule has 1 N–H and O–H groups in total. The van der Waals surface area contributed by atoms with Crippen LogP contribution in [0.3, 0.4) is 0 Å². The summed E-state index contributed by atoms with van der Waals surface area (Å²) >= 11 is 0. The van der Waals surface area contributed by atoms with Crippen molar-refractivity contribution in [3.63, 3.8) is 0 Å². The van der Waals surface area contributed by atoms with Gasteiger partial charge in [0.05, 0.1) is 5.69 Å². The Morgan fingerprint density at radius 2 is 1.88 bits per heavy atom. The summed E-state index contributed by atoms with van der Waals surface area (Å²) in [6, 6.07) is 0. The first-order chi connectivity index (χ1) is 7.93. The van der Waals surface area contributed by atoms with E-state index in [1.807, 2.05) is 6.20 Å². The molecule has 4 nitrogen and oxygen atoms in total. The normalized spacial score (nSPS) is 20.6. The molecule has 16 heavy (non-hydrogen) atoms. The third-order valence-electron chi connectivity index (χ3n) is 3.44. The summed E-state index contributed by atoms with van der Waals surface area (Å²) in [6.07, 6.45) is 7.24. The highest BCUT2D eigenvalue weighted by atomic mass is 15.3. The first-order valence-corrected chi connectivity index (χ1v) is 6.24. The summed E-state index contributed by atoms with van der Waals surface area (Å²) in [7, 11) is 0. The summed E-state index contributed by atoms with van der Waals surface area (Å²) in [6.45, 7) is 4.06. The second kappa shape index (κ2) is 4.37. The first-order valence-electron chi connectivity index (χ1n) is 6.24. The van der Waals surface area contributed by atoms with Crippen LogP contribution in [0.15, 0.2) is 6.20 Å². The molecule has 1 saturated heterocycles. The molecule has 0 unspecified atom stereocenters. The molecular formula is C12H18N4. The van der Waals surface area contributed by atoms with E-state index in [2.05, 4.69) is 20.2 Å². The zero-order chi connectivity index (χ0) is 10.8. The van der Waals surface area contributed by atoms with E-state index >= 15 is 0 Å². The van der Waals surface area contributed by atoms with Gasteiger partial charge in [0.1, 0.15) is 0 Å². The Bertz CT molecular complexity index is 369. The van der Waals surface area contributed by atoms with Gasteiger partial charge < -0.3 is 10.2 Å². The molecule has 0 spiro atoms. The Hall–Kier alpha value is -1.16. The van der Waals surface area contributed by atoms with E-state index in [1.54, 1.807) is 0 Å². The molecule has 0 radical (unpaired) electrons. The van der Waals surface area contributed by atoms with Gasteiger partial charge in [-0.25, -0.2) is 9.97 Å². The number of aromatic nitrogens is 2. The molecule has 4 heteroatoms. The van der Waals surface area contributed by atoms with Gasteiger partial charge in [-0.2, -0.15) is 0 Å². The number of rotatable bonds is 1. The number of fused-ring (bicyclic) bond motifs is 1. The van der Waals surface area contributed by atoms with Crippen LogP contribution in [-0.2, 0) is 13.1 Å². The third kappa shape index (κ3) is 1.89. The summed E-state index contributed by atoms with van der Waals surface area (Å²) in [5.74, 6) is 0.935. The van der Waals surface area contributed by atoms with Crippen molar-refractivity contribution in [2.45, 2.75) is 38.8 Å². The highest BCUT2D eigenvalue weighted by Crippen LogP contribution is 2.18. The SMILES string of the molecule is c1nc(N2CCCCCC2)nc2c1CNC2. The van der Waals surface area contributed by atoms with Crippen LogP contribution in [0.1, 0.15) is 36.9 Å². The number of hydrogen-bond acceptors (Lipinski definition) is 4. The zero-order valence-corrected chi connectivity index (χ0v) is 9.58. The molecule has 1 aromatic rings. The van der Waals surface area contributed by atoms with Crippen molar-refractivity contribution in [3.05, 3.63) is 17.5 Å². The van der Waals surface area contributed by atoms with Crippen molar-refractivity contribution in [2.75, 3.05) is 18.0 Å². The Kier molecular flexibility index (Phi) is 2.74. The average molecular weight is 218 g/mol. The molecule has 3 heterocycles. The Labute approximate surface area is 96.1 Å². The molecular weight excluding hydrogens is 200 g/mol. The molecule has 86 valence electrons. The molecule has 2 aliphatic heterocycles. The van der Waals surface area contributed by atoms with Crippen LogP contribution in [0.5, 0.6) is 0 Å². The second-order valence-electron chi connectivity index (χ2n) is 4.65. The number of hydrogen-bond donors (Lipinski definition) is 1. The Morgan fingerprint density at radius 3 is 2.69 bits per heavy atom. The lowest BCUT2D eigenvalue weighted by atomic mass is 10.2. The summed E-state index contributed by atoms with van der Waals surface area (Å²) in [4.78, 5) is 11.5. The lowest BCUT2D eigenvalue weighted by Gasteiger charge is -2.20. The molecule has 0 atom stereocenters. The highest BCUT2D eigenvalue weighted by molar-refractivity contribution is 5.34. The fraction of sp³-hybridized carbons (Fsp3) is 0.667. The minimum absolute atomic E-state index is 0.901. The predicted molar refractivity (Wildman–Crippen MR) is 63.3 cm³/mol. The summed E-state index contributed by atoms with van der Waals surface area (Å²) in [5.41, 5.74) is 2.45. The van der Waals surface area contributed by atoms with Crippen LogP contribution >= 0.6 is 0 Å². The van der Waals surface area contributed by atoms with Crippen LogP contribution < -0.4 is 10.2 Å². The van der Waals surface area contributed by atoms with E-state index in [-0.39, 0.29) is 0 Å². The molecule has 1 aromatic heterocycles. The molecule has 1 fully saturated rings. The monoisotopic (exact) mass is 218 g/mol. The lowest BCUT2D eigenvalue weighted by molar-refractivity contribution is 0.726. The molecule has 0 aromatic carbocycles. The van der Waals surface area contributed by atoms with Crippen molar-refractivity contribution in [3.8, 4) is 0 Å². The fourth-order valence-corrected chi connectivity index (χ4v) is 2.47. The van der Waals surface area contributed by atoms with Crippen LogP contribution in [0, 0.1) is 0 Å². The fourth-order valence-electron chi connectivity index (χ4n) is 2.47. The first kappa shape index (κ1) is 10.0. The summed E-state index contributed by atoms with van der Waals surface area (Å²) in [5, 5.41) is 3.31. The van der Waals surface area contributed by atoms with Crippen LogP contribution in [0.2, 0.25) is 0 Å². The Morgan fingerprint density at radius 1 is 1.06 bits per heavy atom. The van der Waals surface area contributed by atoms with Crippen LogP contribution in [0.25, 0.3) is 0 Å². The zero-order valence-electron chi connectivity index (χ0n) is 9.58. The van der Waals surface area contributed by atoms with Crippen molar-refractivity contribution in [1.29, 1.82) is 0 Å². The van der Waals surface area contributed by atoms with Gasteiger partial charge in [0.25, 0.3) is 0 Å². The van der Waals surface area contributed by atoms with Crippen molar-refractivity contribution >= 4 is 5.95 Å². The maximum atomic E-state index is 4.67. The molecule has 0 amide bonds. The topological polar surface area (TPSA) is 41.1 Å². The predicted octanol–water partition coefficient (Wildman–Crippen LogP) is 1.46. The summed E-state index contributed by atoms with van der Waals surface area (Å²) < 4.78 is 0. The standard InChI is InChI=1S/C12H18N4/c1-2-4-6-16(5-3-1)12-14-8-10-7-13-9-11(10)15-12/h8,13H,1-7,9H2. The number of nitrogens with zero attached hydrogens (tertiary/aromatic N) is 3. The molecule has 0 saturated carbocycles. The van der Waals surface area contributed by atoms with E-state index in [0.717, 1.165) is 32.1 Å². The molecule has 2 aliphatic rings. The van der Waals surface area contributed by atoms with Crippen LogP contribution in [0.4, 0.5) is 5.95 Å². The van der Waals surface area contributed by atoms with E-state index < -0.39 is 0 Å². The van der Waals surface area contributed by atoms with Crippen molar-refractivity contribution < 1.29 is 0 Å². The molecule has 0 bridgehead atoms. The van der Waals surface area contributed by atoms with E-state index in [4.69, 9.17) is 0 Å². The van der Waals surface area contributed by atoms with Gasteiger partial charge >= 0.3 is 0 Å². The maximum Gasteiger partial charge on any atom is 0.225 e. The quantitative estimate of drug-likeness (QED) is 0.775. The largest absolute Gasteiger partial charge is 0.341 e. The van der Waals surface area contributed by atoms with E-state index in [0.29, 0.717) is 0 Å². The lowest BCUT2D eigenvalue weighted by Crippen LogP contribution is -2.26. The molecule has 0 aliphatic carbocycles. The van der Waals surface area contributed by atoms with Gasteiger partial charge in [-0.1, -0.05) is 12.8 Å². The van der Waals surface area contributed by atoms with Crippen molar-refractivity contribution in [2.24, 2.45) is 0 Å². The second-order valence-corrected chi connectivity index (χ2v) is 4.65. The Balaban J connectivity index is 1.82. The van der Waals surface area contributed by atoms with Gasteiger partial charge in [0.2, 0.25) is 5.95 Å². The molecule has 3 rings (SSSR count). The maximum absolute atomic E-state index is 4.67. The van der Waals surface area contributed by atoms with E-state index in [9.17, 15) is 0 Å². The van der Waals surface area contributed by atoms with Crippen molar-refractivity contribution in [1.82, 2.24) is 15.3 Å². The third-order valence-corrected chi connectivity index (χ3v) is 3.44. The van der Waals surface area contributed by atoms with Gasteiger partial charge in [0, 0.05) is 37.9 Å². The van der Waals surface area contributed by atoms with E-state index in [1.165, 1.54) is 36.9 Å². The van der Waals surface area contributed by atoms with Crippen LogP contribution in [-0.4, -0.2) is 23.1 Å². The van der Waals surface area contributed by atoms with Gasteiger partial charge in [-0.15, -0.1) is 0 Å². The average Bonchev–Trinajstić information content (AvgIpc) is 2.61.